The molecule has 0 radical (unpaired) electrons. The van der Waals surface area contributed by atoms with Crippen molar-refractivity contribution >= 4 is 17.5 Å². The van der Waals surface area contributed by atoms with Crippen molar-refractivity contribution in [2.24, 2.45) is 5.41 Å². The van der Waals surface area contributed by atoms with Crippen molar-refractivity contribution in [1.29, 1.82) is 0 Å². The van der Waals surface area contributed by atoms with E-state index in [1.807, 2.05) is 31.3 Å². The lowest BCUT2D eigenvalue weighted by molar-refractivity contribution is -0.139. The van der Waals surface area contributed by atoms with Gasteiger partial charge in [-0.1, -0.05) is 23.7 Å². The highest BCUT2D eigenvalue weighted by atomic mass is 35.5. The van der Waals surface area contributed by atoms with Crippen molar-refractivity contribution < 1.29 is 22.7 Å². The maximum atomic E-state index is 13.2. The number of pyridine rings is 1. The molecule has 1 N–H and O–H groups in total. The lowest BCUT2D eigenvalue weighted by atomic mass is 9.90. The van der Waals surface area contributed by atoms with Crippen LogP contribution in [0.2, 0.25) is 5.02 Å². The van der Waals surface area contributed by atoms with E-state index in [4.69, 9.17) is 16.3 Å². The van der Waals surface area contributed by atoms with Gasteiger partial charge in [-0.3, -0.25) is 4.79 Å². The fraction of sp³-hybridized carbons (Fsp3) is 0.455. The van der Waals surface area contributed by atoms with Crippen molar-refractivity contribution in [3.05, 3.63) is 58.7 Å². The molecule has 0 spiro atoms. The molecule has 2 aromatic rings. The molecule has 1 aromatic heterocycles. The normalized spacial score (nSPS) is 20.0. The largest absolute Gasteiger partial charge is 0.476 e. The maximum absolute atomic E-state index is 13.2. The molecule has 3 rings (SSSR count). The summed E-state index contributed by atoms with van der Waals surface area (Å²) in [4.78, 5) is 18.8. The van der Waals surface area contributed by atoms with Crippen molar-refractivity contribution in [3.63, 3.8) is 0 Å². The third-order valence-electron chi connectivity index (χ3n) is 5.38. The molecule has 1 fully saturated rings. The van der Waals surface area contributed by atoms with Crippen LogP contribution in [-0.4, -0.2) is 48.6 Å². The summed E-state index contributed by atoms with van der Waals surface area (Å²) in [5.74, 6) is -0.748. The number of benzene rings is 1. The molecule has 1 aliphatic rings. The van der Waals surface area contributed by atoms with Crippen molar-refractivity contribution in [2.75, 3.05) is 26.7 Å². The average molecular weight is 456 g/mol. The zero-order chi connectivity index (χ0) is 22.8. The van der Waals surface area contributed by atoms with E-state index in [0.717, 1.165) is 18.2 Å². The number of likely N-dealkylation sites (tertiary alicyclic amines) is 1. The van der Waals surface area contributed by atoms with Crippen LogP contribution < -0.4 is 10.1 Å². The van der Waals surface area contributed by atoms with Crippen LogP contribution in [0, 0.1) is 5.41 Å². The molecule has 1 aliphatic heterocycles. The Morgan fingerprint density at radius 3 is 2.55 bits per heavy atom. The first-order chi connectivity index (χ1) is 14.5. The number of aromatic nitrogens is 1. The van der Waals surface area contributed by atoms with E-state index in [1.165, 1.54) is 12.3 Å². The summed E-state index contributed by atoms with van der Waals surface area (Å²) < 4.78 is 44.8. The Morgan fingerprint density at radius 1 is 1.23 bits per heavy atom. The topological polar surface area (TPSA) is 54.5 Å². The van der Waals surface area contributed by atoms with Crippen LogP contribution >= 0.6 is 11.6 Å². The van der Waals surface area contributed by atoms with Gasteiger partial charge >= 0.3 is 6.18 Å². The Morgan fingerprint density at radius 2 is 1.90 bits per heavy atom. The van der Waals surface area contributed by atoms with Gasteiger partial charge < -0.3 is 15.0 Å². The third-order valence-corrected chi connectivity index (χ3v) is 5.63. The van der Waals surface area contributed by atoms with Gasteiger partial charge in [0.1, 0.15) is 12.2 Å². The number of nitrogens with zero attached hydrogens (tertiary/aromatic N) is 2. The lowest BCUT2D eigenvalue weighted by Crippen LogP contribution is -2.48. The summed E-state index contributed by atoms with van der Waals surface area (Å²) in [6.07, 6.45) is -3.36. The number of nitrogens with one attached hydrogen (secondary N) is 1. The molecular formula is C22H25ClF3N3O2. The number of hydrogen-bond donors (Lipinski definition) is 1. The highest BCUT2D eigenvalue weighted by Crippen LogP contribution is 2.35. The van der Waals surface area contributed by atoms with E-state index in [9.17, 15) is 18.0 Å². The van der Waals surface area contributed by atoms with Crippen LogP contribution in [0.3, 0.4) is 0 Å². The van der Waals surface area contributed by atoms with E-state index in [-0.39, 0.29) is 24.5 Å². The number of rotatable bonds is 6. The Bertz CT molecular complexity index is 919. The molecular weight excluding hydrogens is 431 g/mol. The summed E-state index contributed by atoms with van der Waals surface area (Å²) in [5, 5.41) is 3.70. The Hall–Kier alpha value is -2.32. The van der Waals surface area contributed by atoms with Crippen LogP contribution in [0.4, 0.5) is 13.2 Å². The highest BCUT2D eigenvalue weighted by Gasteiger charge is 2.39. The van der Waals surface area contributed by atoms with E-state index in [1.54, 1.807) is 13.8 Å². The number of amides is 1. The summed E-state index contributed by atoms with van der Waals surface area (Å²) in [6, 6.07) is 9.48. The zero-order valence-corrected chi connectivity index (χ0v) is 18.3. The molecule has 31 heavy (non-hydrogen) atoms. The minimum absolute atomic E-state index is 0.0792. The summed E-state index contributed by atoms with van der Waals surface area (Å²) in [6.45, 7) is 4.46. The van der Waals surface area contributed by atoms with Crippen LogP contribution in [0.5, 0.6) is 5.88 Å². The minimum Gasteiger partial charge on any atom is -0.476 e. The quantitative estimate of drug-likeness (QED) is 0.702. The number of alkyl halides is 3. The van der Waals surface area contributed by atoms with Crippen LogP contribution in [0.25, 0.3) is 0 Å². The first kappa shape index (κ1) is 23.3. The summed E-state index contributed by atoms with van der Waals surface area (Å²) in [7, 11) is 1.98. The fourth-order valence-electron chi connectivity index (χ4n) is 3.59. The molecule has 168 valence electrons. The number of hydrogen-bond acceptors (Lipinski definition) is 4. The molecule has 9 heteroatoms. The van der Waals surface area contributed by atoms with Gasteiger partial charge in [-0.2, -0.15) is 13.2 Å². The molecule has 0 bridgehead atoms. The number of carbonyl (C=O) groups excluding carboxylic acids is 1. The Kier molecular flexibility index (Phi) is 6.81. The predicted molar refractivity (Wildman–Crippen MR) is 112 cm³/mol. The van der Waals surface area contributed by atoms with Crippen LogP contribution in [0.15, 0.2) is 42.6 Å². The standard InChI is InChI=1S/C22H25ClF3N3O2/c1-21(2,13-31-19-17(22(24,25)26)5-4-10-27-19)20(30)28-18-12-29(3)11-16(18)14-6-8-15(23)9-7-14/h4-10,16,18H,11-13H2,1-3H3,(H,28,30)/t16-,18+/m1/s1. The van der Waals surface area contributed by atoms with E-state index < -0.39 is 23.0 Å². The van der Waals surface area contributed by atoms with Crippen LogP contribution in [0.1, 0.15) is 30.9 Å². The van der Waals surface area contributed by atoms with Gasteiger partial charge in [0.2, 0.25) is 11.8 Å². The lowest BCUT2D eigenvalue weighted by Gasteiger charge is -2.28. The van der Waals surface area contributed by atoms with Gasteiger partial charge in [0.25, 0.3) is 0 Å². The molecule has 1 aromatic carbocycles. The van der Waals surface area contributed by atoms with Gasteiger partial charge in [-0.15, -0.1) is 0 Å². The zero-order valence-electron chi connectivity index (χ0n) is 17.5. The van der Waals surface area contributed by atoms with Gasteiger partial charge in [0.15, 0.2) is 0 Å². The molecule has 2 heterocycles. The Balaban J connectivity index is 1.68. The maximum Gasteiger partial charge on any atom is 0.421 e. The second kappa shape index (κ2) is 9.04. The number of likely N-dealkylation sites (N-methyl/N-ethyl adjacent to an activating group) is 1. The van der Waals surface area contributed by atoms with Gasteiger partial charge in [0, 0.05) is 36.3 Å². The summed E-state index contributed by atoms with van der Waals surface area (Å²) >= 11 is 5.98. The second-order valence-corrected chi connectivity index (χ2v) is 8.92. The number of carbonyl (C=O) groups is 1. The Labute approximate surface area is 184 Å². The van der Waals surface area contributed by atoms with Crippen molar-refractivity contribution in [2.45, 2.75) is 32.0 Å². The van der Waals surface area contributed by atoms with Gasteiger partial charge in [0.05, 0.1) is 5.41 Å². The monoisotopic (exact) mass is 455 g/mol. The molecule has 5 nitrogen and oxygen atoms in total. The van der Waals surface area contributed by atoms with Crippen LogP contribution in [-0.2, 0) is 11.0 Å². The average Bonchev–Trinajstić information content (AvgIpc) is 3.06. The fourth-order valence-corrected chi connectivity index (χ4v) is 3.72. The smallest absolute Gasteiger partial charge is 0.421 e. The predicted octanol–water partition coefficient (Wildman–Crippen LogP) is 4.37. The number of ether oxygens (including phenoxy) is 1. The van der Waals surface area contributed by atoms with Gasteiger partial charge in [-0.25, -0.2) is 4.98 Å². The first-order valence-corrected chi connectivity index (χ1v) is 10.2. The molecule has 1 saturated heterocycles. The van der Waals surface area contributed by atoms with E-state index >= 15 is 0 Å². The number of halogens is 4. The minimum atomic E-state index is -4.59. The first-order valence-electron chi connectivity index (χ1n) is 9.87. The second-order valence-electron chi connectivity index (χ2n) is 8.49. The molecule has 0 saturated carbocycles. The van der Waals surface area contributed by atoms with Crippen molar-refractivity contribution in [1.82, 2.24) is 15.2 Å². The molecule has 0 unspecified atom stereocenters. The van der Waals surface area contributed by atoms with E-state index in [0.29, 0.717) is 11.6 Å². The van der Waals surface area contributed by atoms with E-state index in [2.05, 4.69) is 15.2 Å². The van der Waals surface area contributed by atoms with Crippen molar-refractivity contribution in [3.8, 4) is 5.88 Å². The molecule has 0 aliphatic carbocycles. The molecule has 2 atom stereocenters. The summed E-state index contributed by atoms with van der Waals surface area (Å²) in [5.41, 5.74) is -0.964. The van der Waals surface area contributed by atoms with Gasteiger partial charge in [-0.05, 0) is 50.7 Å². The highest BCUT2D eigenvalue weighted by molar-refractivity contribution is 6.30. The SMILES string of the molecule is CN1C[C@H](NC(=O)C(C)(C)COc2ncccc2C(F)(F)F)[C@@H](c2ccc(Cl)cc2)C1. The third kappa shape index (κ3) is 5.68. The molecule has 1 amide bonds.